The number of aliphatic hydroxyl groups excluding tert-OH is 1. The Labute approximate surface area is 111 Å². The fourth-order valence-corrected chi connectivity index (χ4v) is 3.53. The molecule has 1 N–H and O–H groups in total. The summed E-state index contributed by atoms with van der Waals surface area (Å²) in [6, 6.07) is 0. The maximum atomic E-state index is 10.6. The second-order valence-corrected chi connectivity index (χ2v) is 5.87. The SMILES string of the molecule is CCOC1(C(O)CC2CCCCC2)CCOCC1. The van der Waals surface area contributed by atoms with Gasteiger partial charge in [-0.25, -0.2) is 0 Å². The quantitative estimate of drug-likeness (QED) is 0.822. The van der Waals surface area contributed by atoms with Gasteiger partial charge < -0.3 is 14.6 Å². The van der Waals surface area contributed by atoms with Crippen molar-refractivity contribution in [2.75, 3.05) is 19.8 Å². The smallest absolute Gasteiger partial charge is 0.0983 e. The molecule has 1 unspecified atom stereocenters. The lowest BCUT2D eigenvalue weighted by Gasteiger charge is -2.42. The van der Waals surface area contributed by atoms with E-state index < -0.39 is 0 Å². The minimum atomic E-state index is -0.329. The molecule has 18 heavy (non-hydrogen) atoms. The highest BCUT2D eigenvalue weighted by Crippen LogP contribution is 2.35. The minimum absolute atomic E-state index is 0.315. The molecule has 1 atom stereocenters. The number of aliphatic hydroxyl groups is 1. The van der Waals surface area contributed by atoms with Crippen molar-refractivity contribution in [1.82, 2.24) is 0 Å². The molecule has 0 aromatic carbocycles. The van der Waals surface area contributed by atoms with E-state index in [9.17, 15) is 5.11 Å². The van der Waals surface area contributed by atoms with Crippen LogP contribution < -0.4 is 0 Å². The van der Waals surface area contributed by atoms with E-state index in [2.05, 4.69) is 0 Å². The average molecular weight is 256 g/mol. The van der Waals surface area contributed by atoms with Gasteiger partial charge in [-0.1, -0.05) is 32.1 Å². The van der Waals surface area contributed by atoms with Crippen LogP contribution in [0.15, 0.2) is 0 Å². The van der Waals surface area contributed by atoms with Gasteiger partial charge in [0.25, 0.3) is 0 Å². The molecule has 1 saturated carbocycles. The lowest BCUT2D eigenvalue weighted by molar-refractivity contribution is -0.170. The summed E-state index contributed by atoms with van der Waals surface area (Å²) >= 11 is 0. The number of hydrogen-bond acceptors (Lipinski definition) is 3. The third kappa shape index (κ3) is 3.46. The van der Waals surface area contributed by atoms with Crippen LogP contribution in [-0.4, -0.2) is 36.6 Å². The molecular weight excluding hydrogens is 228 g/mol. The van der Waals surface area contributed by atoms with E-state index in [0.29, 0.717) is 12.5 Å². The van der Waals surface area contributed by atoms with Gasteiger partial charge in [0.15, 0.2) is 0 Å². The molecule has 1 aliphatic carbocycles. The van der Waals surface area contributed by atoms with Crippen molar-refractivity contribution >= 4 is 0 Å². The first-order valence-corrected chi connectivity index (χ1v) is 7.66. The normalized spacial score (nSPS) is 27.0. The Morgan fingerprint density at radius 3 is 2.50 bits per heavy atom. The third-order valence-corrected chi connectivity index (χ3v) is 4.66. The van der Waals surface area contributed by atoms with Crippen LogP contribution in [0, 0.1) is 5.92 Å². The predicted molar refractivity (Wildman–Crippen MR) is 71.6 cm³/mol. The van der Waals surface area contributed by atoms with Crippen LogP contribution >= 0.6 is 0 Å². The van der Waals surface area contributed by atoms with Crippen molar-refractivity contribution in [2.24, 2.45) is 5.92 Å². The summed E-state index contributed by atoms with van der Waals surface area (Å²) in [4.78, 5) is 0. The molecule has 106 valence electrons. The molecule has 3 nitrogen and oxygen atoms in total. The number of ether oxygens (including phenoxy) is 2. The lowest BCUT2D eigenvalue weighted by Crippen LogP contribution is -2.50. The van der Waals surface area contributed by atoms with Gasteiger partial charge in [0.05, 0.1) is 11.7 Å². The maximum Gasteiger partial charge on any atom is 0.0983 e. The summed E-state index contributed by atoms with van der Waals surface area (Å²) in [5.41, 5.74) is -0.329. The van der Waals surface area contributed by atoms with Gasteiger partial charge in [0.2, 0.25) is 0 Å². The highest BCUT2D eigenvalue weighted by atomic mass is 16.5. The van der Waals surface area contributed by atoms with Gasteiger partial charge in [-0.05, 0) is 19.3 Å². The van der Waals surface area contributed by atoms with Crippen molar-refractivity contribution < 1.29 is 14.6 Å². The summed E-state index contributed by atoms with van der Waals surface area (Å²) in [6.45, 7) is 4.15. The fraction of sp³-hybridized carbons (Fsp3) is 1.00. The molecule has 1 heterocycles. The average Bonchev–Trinajstić information content (AvgIpc) is 2.41. The Kier molecular flexibility index (Phi) is 5.46. The second-order valence-electron chi connectivity index (χ2n) is 5.87. The summed E-state index contributed by atoms with van der Waals surface area (Å²) in [7, 11) is 0. The Bertz CT molecular complexity index is 224. The molecule has 3 heteroatoms. The number of hydrogen-bond donors (Lipinski definition) is 1. The standard InChI is InChI=1S/C15H28O3/c1-2-18-15(8-10-17-11-9-15)14(16)12-13-6-4-3-5-7-13/h13-14,16H,2-12H2,1H3. The van der Waals surface area contributed by atoms with E-state index >= 15 is 0 Å². The molecular formula is C15H28O3. The molecule has 1 saturated heterocycles. The van der Waals surface area contributed by atoms with E-state index in [4.69, 9.17) is 9.47 Å². The Balaban J connectivity index is 1.91. The third-order valence-electron chi connectivity index (χ3n) is 4.66. The monoisotopic (exact) mass is 256 g/mol. The van der Waals surface area contributed by atoms with E-state index in [0.717, 1.165) is 32.5 Å². The highest BCUT2D eigenvalue weighted by molar-refractivity contribution is 4.92. The van der Waals surface area contributed by atoms with Crippen molar-refractivity contribution in [2.45, 2.75) is 70.0 Å². The van der Waals surface area contributed by atoms with Gasteiger partial charge in [-0.2, -0.15) is 0 Å². The molecule has 0 amide bonds. The van der Waals surface area contributed by atoms with Crippen molar-refractivity contribution in [1.29, 1.82) is 0 Å². The van der Waals surface area contributed by atoms with Gasteiger partial charge >= 0.3 is 0 Å². The minimum Gasteiger partial charge on any atom is -0.390 e. The Morgan fingerprint density at radius 1 is 1.22 bits per heavy atom. The summed E-state index contributed by atoms with van der Waals surface area (Å²) in [5, 5.41) is 10.6. The summed E-state index contributed by atoms with van der Waals surface area (Å²) in [6.07, 6.45) is 8.90. The zero-order valence-corrected chi connectivity index (χ0v) is 11.7. The molecule has 0 spiro atoms. The first kappa shape index (κ1) is 14.3. The van der Waals surface area contributed by atoms with E-state index in [1.807, 2.05) is 6.92 Å². The van der Waals surface area contributed by atoms with E-state index in [-0.39, 0.29) is 11.7 Å². The summed E-state index contributed by atoms with van der Waals surface area (Å²) < 4.78 is 11.4. The summed E-state index contributed by atoms with van der Waals surface area (Å²) in [5.74, 6) is 0.703. The van der Waals surface area contributed by atoms with Crippen LogP contribution in [0.3, 0.4) is 0 Å². The zero-order valence-electron chi connectivity index (χ0n) is 11.7. The molecule has 0 aromatic heterocycles. The van der Waals surface area contributed by atoms with Crippen LogP contribution in [0.5, 0.6) is 0 Å². The topological polar surface area (TPSA) is 38.7 Å². The van der Waals surface area contributed by atoms with Crippen molar-refractivity contribution in [3.05, 3.63) is 0 Å². The van der Waals surface area contributed by atoms with Gasteiger partial charge in [-0.3, -0.25) is 0 Å². The lowest BCUT2D eigenvalue weighted by atomic mass is 9.78. The van der Waals surface area contributed by atoms with Gasteiger partial charge in [-0.15, -0.1) is 0 Å². The molecule has 2 fully saturated rings. The van der Waals surface area contributed by atoms with Crippen molar-refractivity contribution in [3.63, 3.8) is 0 Å². The van der Waals surface area contributed by atoms with E-state index in [1.54, 1.807) is 0 Å². The van der Waals surface area contributed by atoms with E-state index in [1.165, 1.54) is 32.1 Å². The van der Waals surface area contributed by atoms with Crippen molar-refractivity contribution in [3.8, 4) is 0 Å². The largest absolute Gasteiger partial charge is 0.390 e. The fourth-order valence-electron chi connectivity index (χ4n) is 3.53. The van der Waals surface area contributed by atoms with Crippen LogP contribution in [0.1, 0.15) is 58.3 Å². The molecule has 0 bridgehead atoms. The maximum absolute atomic E-state index is 10.6. The van der Waals surface area contributed by atoms with Crippen LogP contribution in [-0.2, 0) is 9.47 Å². The molecule has 2 rings (SSSR count). The predicted octanol–water partition coefficient (Wildman–Crippen LogP) is 2.90. The molecule has 2 aliphatic rings. The number of rotatable bonds is 5. The first-order chi connectivity index (χ1) is 8.77. The Hall–Kier alpha value is -0.120. The zero-order chi connectivity index (χ0) is 12.8. The second kappa shape index (κ2) is 6.88. The van der Waals surface area contributed by atoms with Crippen LogP contribution in [0.4, 0.5) is 0 Å². The molecule has 0 aromatic rings. The van der Waals surface area contributed by atoms with Crippen LogP contribution in [0.25, 0.3) is 0 Å². The highest BCUT2D eigenvalue weighted by Gasteiger charge is 2.41. The molecule has 1 aliphatic heterocycles. The van der Waals surface area contributed by atoms with Crippen LogP contribution in [0.2, 0.25) is 0 Å². The Morgan fingerprint density at radius 2 is 1.89 bits per heavy atom. The first-order valence-electron chi connectivity index (χ1n) is 7.66. The van der Waals surface area contributed by atoms with Gasteiger partial charge in [0.1, 0.15) is 0 Å². The van der Waals surface area contributed by atoms with Gasteiger partial charge in [0, 0.05) is 32.7 Å². The molecule has 0 radical (unpaired) electrons.